The highest BCUT2D eigenvalue weighted by molar-refractivity contribution is 8.01. The molecule has 1 aromatic rings. The number of hydrogen-bond acceptors (Lipinski definition) is 3. The summed E-state index contributed by atoms with van der Waals surface area (Å²) in [5.41, 5.74) is 1.47. The van der Waals surface area contributed by atoms with Crippen LogP contribution < -0.4 is 4.90 Å². The number of fused-ring (bicyclic) bond motifs is 1. The molecule has 0 N–H and O–H groups in total. The molecule has 0 saturated carbocycles. The van der Waals surface area contributed by atoms with Gasteiger partial charge in [0.05, 0.1) is 17.5 Å². The van der Waals surface area contributed by atoms with Crippen LogP contribution in [0.2, 0.25) is 0 Å². The average molecular weight is 273 g/mol. The van der Waals surface area contributed by atoms with Crippen molar-refractivity contribution in [2.24, 2.45) is 0 Å². The molecule has 1 aromatic carbocycles. The lowest BCUT2D eigenvalue weighted by Crippen LogP contribution is -2.41. The molecular formula is C15H15NO2S. The summed E-state index contributed by atoms with van der Waals surface area (Å²) < 4.78 is 0. The molecule has 1 aliphatic heterocycles. The maximum absolute atomic E-state index is 12.3. The number of hydrogen-bond donors (Lipinski definition) is 0. The van der Waals surface area contributed by atoms with Gasteiger partial charge < -0.3 is 0 Å². The fourth-order valence-corrected chi connectivity index (χ4v) is 3.25. The van der Waals surface area contributed by atoms with Crippen molar-refractivity contribution in [3.63, 3.8) is 0 Å². The van der Waals surface area contributed by atoms with E-state index in [9.17, 15) is 9.59 Å². The fraction of sp³-hybridized carbons (Fsp3) is 0.333. The Morgan fingerprint density at radius 3 is 2.84 bits per heavy atom. The van der Waals surface area contributed by atoms with Crippen LogP contribution in [0.25, 0.3) is 0 Å². The predicted octanol–water partition coefficient (Wildman–Crippen LogP) is 2.74. The monoisotopic (exact) mass is 273 g/mol. The maximum Gasteiger partial charge on any atom is 0.241 e. The van der Waals surface area contributed by atoms with Gasteiger partial charge in [-0.3, -0.25) is 14.5 Å². The summed E-state index contributed by atoms with van der Waals surface area (Å²) in [6.07, 6.45) is 6.08. The Hall–Kier alpha value is -1.73. The number of terminal acetylenes is 1. The van der Waals surface area contributed by atoms with Gasteiger partial charge in [-0.15, -0.1) is 18.2 Å². The summed E-state index contributed by atoms with van der Waals surface area (Å²) >= 11 is 1.51. The molecule has 0 radical (unpaired) electrons. The zero-order valence-corrected chi connectivity index (χ0v) is 11.8. The van der Waals surface area contributed by atoms with Crippen LogP contribution in [0, 0.1) is 12.3 Å². The molecule has 0 spiro atoms. The molecular weight excluding hydrogens is 258 g/mol. The van der Waals surface area contributed by atoms with E-state index in [1.807, 2.05) is 13.0 Å². The van der Waals surface area contributed by atoms with Gasteiger partial charge in [-0.25, -0.2) is 0 Å². The third-order valence-corrected chi connectivity index (χ3v) is 4.49. The quantitative estimate of drug-likeness (QED) is 0.627. The molecule has 0 saturated heterocycles. The average Bonchev–Trinajstić information content (AvgIpc) is 2.41. The molecule has 4 heteroatoms. The molecule has 0 aromatic heterocycles. The number of ketones is 1. The Labute approximate surface area is 117 Å². The molecule has 1 unspecified atom stereocenters. The number of benzene rings is 1. The lowest BCUT2D eigenvalue weighted by atomic mass is 10.1. The third-order valence-electron chi connectivity index (χ3n) is 3.09. The van der Waals surface area contributed by atoms with Crippen LogP contribution >= 0.6 is 11.8 Å². The molecule has 1 aliphatic rings. The standard InChI is InChI=1S/C15H15NO2S/c1-4-8-16-12-7-6-11(10(3)17)9-14(12)19-13(5-2)15(16)18/h1,6-7,9,13H,5,8H2,2-3H3. The zero-order valence-electron chi connectivity index (χ0n) is 11.0. The van der Waals surface area contributed by atoms with Gasteiger partial charge in [0.2, 0.25) is 5.91 Å². The number of rotatable bonds is 3. The minimum atomic E-state index is -0.122. The van der Waals surface area contributed by atoms with Gasteiger partial charge in [-0.05, 0) is 31.5 Å². The Morgan fingerprint density at radius 2 is 2.26 bits per heavy atom. The van der Waals surface area contributed by atoms with Crippen molar-refractivity contribution < 1.29 is 9.59 Å². The fourth-order valence-electron chi connectivity index (χ4n) is 2.06. The molecule has 19 heavy (non-hydrogen) atoms. The van der Waals surface area contributed by atoms with Crippen LogP contribution in [0.1, 0.15) is 30.6 Å². The highest BCUT2D eigenvalue weighted by Crippen LogP contribution is 2.40. The second-order valence-electron chi connectivity index (χ2n) is 4.38. The summed E-state index contributed by atoms with van der Waals surface area (Å²) in [7, 11) is 0. The number of amides is 1. The summed E-state index contributed by atoms with van der Waals surface area (Å²) in [5.74, 6) is 2.59. The Bertz CT molecular complexity index is 574. The lowest BCUT2D eigenvalue weighted by Gasteiger charge is -2.32. The summed E-state index contributed by atoms with van der Waals surface area (Å²) in [5, 5.41) is -0.122. The van der Waals surface area contributed by atoms with E-state index in [1.54, 1.807) is 17.0 Å². The van der Waals surface area contributed by atoms with Gasteiger partial charge in [0.15, 0.2) is 5.78 Å². The minimum absolute atomic E-state index is 0.0249. The number of carbonyl (C=O) groups is 2. The Morgan fingerprint density at radius 1 is 1.53 bits per heavy atom. The molecule has 0 bridgehead atoms. The van der Waals surface area contributed by atoms with E-state index in [-0.39, 0.29) is 23.5 Å². The van der Waals surface area contributed by atoms with E-state index in [2.05, 4.69) is 5.92 Å². The first-order valence-electron chi connectivity index (χ1n) is 6.15. The molecule has 0 aliphatic carbocycles. The number of Topliss-reactive ketones (excluding diaryl/α,β-unsaturated/α-hetero) is 1. The highest BCUT2D eigenvalue weighted by Gasteiger charge is 2.32. The number of anilines is 1. The second kappa shape index (κ2) is 5.50. The molecule has 98 valence electrons. The van der Waals surface area contributed by atoms with E-state index in [1.165, 1.54) is 18.7 Å². The summed E-state index contributed by atoms with van der Waals surface area (Å²) in [4.78, 5) is 26.3. The van der Waals surface area contributed by atoms with Crippen molar-refractivity contribution in [1.82, 2.24) is 0 Å². The van der Waals surface area contributed by atoms with E-state index in [4.69, 9.17) is 6.42 Å². The van der Waals surface area contributed by atoms with Gasteiger partial charge >= 0.3 is 0 Å². The SMILES string of the molecule is C#CCN1C(=O)C(CC)Sc2cc(C(C)=O)ccc21. The van der Waals surface area contributed by atoms with Crippen molar-refractivity contribution in [1.29, 1.82) is 0 Å². The molecule has 3 nitrogen and oxygen atoms in total. The van der Waals surface area contributed by atoms with Crippen molar-refractivity contribution in [2.75, 3.05) is 11.4 Å². The molecule has 1 atom stereocenters. The van der Waals surface area contributed by atoms with Crippen LogP contribution in [0.15, 0.2) is 23.1 Å². The van der Waals surface area contributed by atoms with Gasteiger partial charge in [-0.1, -0.05) is 12.8 Å². The molecule has 0 fully saturated rings. The van der Waals surface area contributed by atoms with Crippen LogP contribution in [0.4, 0.5) is 5.69 Å². The van der Waals surface area contributed by atoms with Gasteiger partial charge in [0.1, 0.15) is 0 Å². The normalized spacial score (nSPS) is 17.8. The van der Waals surface area contributed by atoms with Crippen molar-refractivity contribution in [3.8, 4) is 12.3 Å². The van der Waals surface area contributed by atoms with Crippen LogP contribution in [-0.4, -0.2) is 23.5 Å². The molecule has 1 heterocycles. The van der Waals surface area contributed by atoms with Gasteiger partial charge in [-0.2, -0.15) is 0 Å². The first-order chi connectivity index (χ1) is 9.08. The van der Waals surface area contributed by atoms with Gasteiger partial charge in [0, 0.05) is 10.5 Å². The van der Waals surface area contributed by atoms with Crippen LogP contribution in [0.3, 0.4) is 0 Å². The van der Waals surface area contributed by atoms with Crippen molar-refractivity contribution in [3.05, 3.63) is 23.8 Å². The number of thioether (sulfide) groups is 1. The number of carbonyl (C=O) groups excluding carboxylic acids is 2. The topological polar surface area (TPSA) is 37.4 Å². The van der Waals surface area contributed by atoms with Crippen LogP contribution in [-0.2, 0) is 4.79 Å². The summed E-state index contributed by atoms with van der Waals surface area (Å²) in [6.45, 7) is 3.78. The van der Waals surface area contributed by atoms with E-state index in [0.717, 1.165) is 17.0 Å². The third kappa shape index (κ3) is 2.52. The lowest BCUT2D eigenvalue weighted by molar-refractivity contribution is -0.118. The number of nitrogens with zero attached hydrogens (tertiary/aromatic N) is 1. The van der Waals surface area contributed by atoms with Crippen LogP contribution in [0.5, 0.6) is 0 Å². The zero-order chi connectivity index (χ0) is 14.0. The second-order valence-corrected chi connectivity index (χ2v) is 5.63. The molecule has 1 amide bonds. The Kier molecular flexibility index (Phi) is 3.96. The smallest absolute Gasteiger partial charge is 0.241 e. The largest absolute Gasteiger partial charge is 0.299 e. The summed E-state index contributed by atoms with van der Waals surface area (Å²) in [6, 6.07) is 5.39. The maximum atomic E-state index is 12.3. The van der Waals surface area contributed by atoms with E-state index in [0.29, 0.717) is 5.56 Å². The van der Waals surface area contributed by atoms with E-state index >= 15 is 0 Å². The predicted molar refractivity (Wildman–Crippen MR) is 77.6 cm³/mol. The highest BCUT2D eigenvalue weighted by atomic mass is 32.2. The Balaban J connectivity index is 2.49. The van der Waals surface area contributed by atoms with Crippen molar-refractivity contribution in [2.45, 2.75) is 30.4 Å². The first-order valence-corrected chi connectivity index (χ1v) is 7.03. The first kappa shape index (κ1) is 13.7. The van der Waals surface area contributed by atoms with Crippen molar-refractivity contribution >= 4 is 29.1 Å². The van der Waals surface area contributed by atoms with E-state index < -0.39 is 0 Å². The molecule has 2 rings (SSSR count). The minimum Gasteiger partial charge on any atom is -0.299 e. The van der Waals surface area contributed by atoms with Gasteiger partial charge in [0.25, 0.3) is 0 Å².